The van der Waals surface area contributed by atoms with Crippen molar-refractivity contribution >= 4 is 18.0 Å². The third-order valence-corrected chi connectivity index (χ3v) is 2.34. The summed E-state index contributed by atoms with van der Waals surface area (Å²) in [5.74, 6) is -5.48. The van der Waals surface area contributed by atoms with Crippen molar-refractivity contribution in [3.8, 4) is 0 Å². The highest BCUT2D eigenvalue weighted by molar-refractivity contribution is 6.01. The van der Waals surface area contributed by atoms with Crippen molar-refractivity contribution in [3.05, 3.63) is 0 Å². The molecule has 0 radical (unpaired) electrons. The number of imide groups is 1. The summed E-state index contributed by atoms with van der Waals surface area (Å²) in [5, 5.41) is 0.000696. The molecule has 0 spiro atoms. The van der Waals surface area contributed by atoms with Crippen LogP contribution in [0.2, 0.25) is 0 Å². The molecule has 0 N–H and O–H groups in total. The number of hydroxylamine groups is 2. The van der Waals surface area contributed by atoms with Gasteiger partial charge in [-0.15, -0.1) is 0 Å². The predicted molar refractivity (Wildman–Crippen MR) is 56.2 cm³/mol. The van der Waals surface area contributed by atoms with Crippen LogP contribution in [-0.2, 0) is 28.6 Å². The van der Waals surface area contributed by atoms with E-state index >= 15 is 0 Å². The molecule has 0 aromatic rings. The average Bonchev–Trinajstić information content (AvgIpc) is 2.91. The lowest BCUT2D eigenvalue weighted by Gasteiger charge is -2.17. The normalized spacial score (nSPS) is 60.2. The van der Waals surface area contributed by atoms with Gasteiger partial charge < -0.3 is 14.2 Å². The summed E-state index contributed by atoms with van der Waals surface area (Å²) in [7, 11) is 0. The fourth-order valence-corrected chi connectivity index (χ4v) is 1.50. The van der Waals surface area contributed by atoms with Crippen LogP contribution < -0.4 is 0 Å². The molecule has 19 heavy (non-hydrogen) atoms. The third kappa shape index (κ3) is 2.28. The molecule has 3 atom stereocenters. The summed E-state index contributed by atoms with van der Waals surface area (Å²) in [6.45, 7) is -6.94. The van der Waals surface area contributed by atoms with Gasteiger partial charge in [-0.25, -0.2) is 4.79 Å². The first-order valence-electron chi connectivity index (χ1n) is 9.63. The number of carbonyl (C=O) groups excluding carboxylic acids is 3. The Hall–Kier alpha value is -1.67. The molecule has 3 fully saturated rings. The van der Waals surface area contributed by atoms with Crippen LogP contribution in [0.5, 0.6) is 0 Å². The summed E-state index contributed by atoms with van der Waals surface area (Å²) in [4.78, 5) is 39.3. The number of amides is 2. The zero-order chi connectivity index (χ0) is 21.6. The van der Waals surface area contributed by atoms with E-state index in [0.717, 1.165) is 0 Å². The number of hydrogen-bond donors (Lipinski definition) is 0. The molecule has 3 aliphatic heterocycles. The zero-order valence-electron chi connectivity index (χ0n) is 18.2. The molecular weight excluding hydrogens is 258 g/mol. The molecule has 104 valence electrons. The van der Waals surface area contributed by atoms with Gasteiger partial charge in [0.25, 0.3) is 11.8 Å². The molecule has 3 aliphatic rings. The van der Waals surface area contributed by atoms with Gasteiger partial charge in [0.2, 0.25) is 0 Å². The molecule has 3 heterocycles. The second-order valence-electron chi connectivity index (χ2n) is 3.55. The smallest absolute Gasteiger partial charge is 0.426 e. The highest BCUT2D eigenvalue weighted by Gasteiger charge is 2.44. The maximum atomic E-state index is 12.0. The van der Waals surface area contributed by atoms with Gasteiger partial charge in [0.15, 0.2) is 6.27 Å². The van der Waals surface area contributed by atoms with E-state index in [4.69, 9.17) is 12.3 Å². The van der Waals surface area contributed by atoms with Gasteiger partial charge in [0, 0.05) is 17.0 Å². The Kier molecular flexibility index (Phi) is 1.45. The van der Waals surface area contributed by atoms with E-state index in [0.29, 0.717) is 0 Å². The second kappa shape index (κ2) is 4.78. The highest BCUT2D eigenvalue weighted by Crippen LogP contribution is 2.33. The minimum absolute atomic E-state index is 0.000696. The zero-order valence-corrected chi connectivity index (χ0v) is 9.22. The van der Waals surface area contributed by atoms with Crippen LogP contribution in [0, 0.1) is 5.89 Å². The average molecular weight is 280 g/mol. The fourth-order valence-electron chi connectivity index (χ4n) is 1.50. The Morgan fingerprint density at radius 2 is 2.11 bits per heavy atom. The molecular formula is C11H13NO7. The topological polar surface area (TPSA) is 91.4 Å². The monoisotopic (exact) mass is 280 g/mol. The first-order valence-corrected chi connectivity index (χ1v) is 5.13. The van der Waals surface area contributed by atoms with E-state index in [9.17, 15) is 14.4 Å². The Morgan fingerprint density at radius 1 is 1.37 bits per heavy atom. The van der Waals surface area contributed by atoms with Crippen molar-refractivity contribution in [2.45, 2.75) is 31.6 Å². The lowest BCUT2D eigenvalue weighted by Crippen LogP contribution is -2.35. The SMILES string of the molecule is [2H]C1([2H])O[C@]2([2H])OC([2H])([2H])[C@]([2H])(OC(=O)ON3C(=O)CCC3=O)[C@]2([2H])C1([2H])[2H]. The Labute approximate surface area is 121 Å². The van der Waals surface area contributed by atoms with Crippen LogP contribution in [0.1, 0.15) is 31.6 Å². The molecule has 0 saturated carbocycles. The highest BCUT2D eigenvalue weighted by atomic mass is 16.8. The maximum absolute atomic E-state index is 12.0. The molecule has 0 unspecified atom stereocenters. The van der Waals surface area contributed by atoms with Gasteiger partial charge >= 0.3 is 6.16 Å². The summed E-state index contributed by atoms with van der Waals surface area (Å²) in [6, 6.07) is 0. The van der Waals surface area contributed by atoms with Gasteiger partial charge in [0.05, 0.1) is 27.2 Å². The quantitative estimate of drug-likeness (QED) is 0.518. The van der Waals surface area contributed by atoms with Gasteiger partial charge in [-0.05, 0) is 6.37 Å². The van der Waals surface area contributed by atoms with Crippen molar-refractivity contribution < 1.29 is 45.8 Å². The predicted octanol–water partition coefficient (Wildman–Crippen LogP) is -0.0350. The van der Waals surface area contributed by atoms with E-state index in [1.54, 1.807) is 0 Å². The third-order valence-electron chi connectivity index (χ3n) is 2.34. The lowest BCUT2D eigenvalue weighted by atomic mass is 10.0. The van der Waals surface area contributed by atoms with Crippen molar-refractivity contribution in [2.75, 3.05) is 13.1 Å². The van der Waals surface area contributed by atoms with E-state index in [1.807, 2.05) is 0 Å². The van der Waals surface area contributed by atoms with Gasteiger partial charge in [0.1, 0.15) is 6.08 Å². The van der Waals surface area contributed by atoms with Crippen molar-refractivity contribution in [3.63, 3.8) is 0 Å². The minimum atomic E-state index is -3.74. The number of carbonyl (C=O) groups is 3. The summed E-state index contributed by atoms with van der Waals surface area (Å²) >= 11 is 0. The van der Waals surface area contributed by atoms with Crippen molar-refractivity contribution in [1.82, 2.24) is 5.06 Å². The van der Waals surface area contributed by atoms with Gasteiger partial charge in [-0.3, -0.25) is 14.4 Å². The van der Waals surface area contributed by atoms with Crippen LogP contribution in [0.15, 0.2) is 0 Å². The fraction of sp³-hybridized carbons (Fsp3) is 0.727. The van der Waals surface area contributed by atoms with Crippen LogP contribution >= 0.6 is 0 Å². The Balaban J connectivity index is 1.99. The molecule has 8 nitrogen and oxygen atoms in total. The first-order chi connectivity index (χ1) is 12.5. The molecule has 0 aliphatic carbocycles. The van der Waals surface area contributed by atoms with Crippen molar-refractivity contribution in [2.24, 2.45) is 5.89 Å². The summed E-state index contributed by atoms with van der Waals surface area (Å²) < 4.78 is 84.0. The number of ether oxygens (including phenoxy) is 3. The number of rotatable bonds is 2. The largest absolute Gasteiger partial charge is 0.534 e. The molecule has 3 saturated heterocycles. The van der Waals surface area contributed by atoms with Gasteiger partial charge in [-0.1, -0.05) is 5.06 Å². The Bertz CT molecular complexity index is 762. The van der Waals surface area contributed by atoms with Crippen LogP contribution in [0.25, 0.3) is 0 Å². The van der Waals surface area contributed by atoms with Crippen LogP contribution in [0.3, 0.4) is 0 Å². The number of fused-ring (bicyclic) bond motifs is 1. The summed E-state index contributed by atoms with van der Waals surface area (Å²) in [6.07, 6.45) is -13.4. The molecule has 0 aromatic heterocycles. The maximum Gasteiger partial charge on any atom is 0.534 e. The lowest BCUT2D eigenvalue weighted by molar-refractivity contribution is -0.179. The molecule has 3 rings (SSSR count). The summed E-state index contributed by atoms with van der Waals surface area (Å²) in [5.41, 5.74) is 0. The van der Waals surface area contributed by atoms with E-state index in [2.05, 4.69) is 19.0 Å². The minimum Gasteiger partial charge on any atom is -0.426 e. The first kappa shape index (κ1) is 5.76. The number of hydrogen-bond acceptors (Lipinski definition) is 7. The van der Waals surface area contributed by atoms with E-state index < -0.39 is 55.7 Å². The number of nitrogens with zero attached hydrogens (tertiary/aromatic N) is 1. The van der Waals surface area contributed by atoms with Crippen LogP contribution in [0.4, 0.5) is 4.79 Å². The van der Waals surface area contributed by atoms with Crippen LogP contribution in [-0.4, -0.2) is 48.5 Å². The molecule has 2 amide bonds. The molecule has 0 bridgehead atoms. The van der Waals surface area contributed by atoms with Crippen molar-refractivity contribution in [1.29, 1.82) is 0 Å². The standard InChI is InChI=1S/C11H13NO7/c13-8-1-2-9(14)12(8)19-11(15)18-7-5-17-10-6(7)3-4-16-10/h6-7,10H,1-5H2/t6-,7-,10+/m0/s1/i3D2,4D2,5D2,6D,7D,10D. The molecule has 0 aromatic carbocycles. The molecule has 8 heteroatoms. The van der Waals surface area contributed by atoms with Gasteiger partial charge in [-0.2, -0.15) is 0 Å². The van der Waals surface area contributed by atoms with E-state index in [-0.39, 0.29) is 17.9 Å². The second-order valence-corrected chi connectivity index (χ2v) is 3.55. The Morgan fingerprint density at radius 3 is 2.84 bits per heavy atom. The van der Waals surface area contributed by atoms with E-state index in [1.165, 1.54) is 0 Å².